The van der Waals surface area contributed by atoms with E-state index >= 15 is 0 Å². The van der Waals surface area contributed by atoms with Crippen molar-refractivity contribution in [2.75, 3.05) is 26.3 Å². The Kier molecular flexibility index (Phi) is 7.17. The van der Waals surface area contributed by atoms with Crippen molar-refractivity contribution in [3.63, 3.8) is 0 Å². The minimum absolute atomic E-state index is 0.163. The fourth-order valence-corrected chi connectivity index (χ4v) is 1.94. The first-order valence-corrected chi connectivity index (χ1v) is 7.80. The lowest BCUT2D eigenvalue weighted by Crippen LogP contribution is -2.39. The third-order valence-electron chi connectivity index (χ3n) is 2.95. The lowest BCUT2D eigenvalue weighted by molar-refractivity contribution is 0.231. The third-order valence-corrected chi connectivity index (χ3v) is 3.20. The molecule has 0 saturated carbocycles. The molecule has 128 valence electrons. The molecular formula is C17H18ClFN2O3. The average molecular weight is 353 g/mol. The summed E-state index contributed by atoms with van der Waals surface area (Å²) in [7, 11) is 0. The molecule has 0 unspecified atom stereocenters. The Hall–Kier alpha value is -2.47. The van der Waals surface area contributed by atoms with Crippen molar-refractivity contribution in [1.29, 1.82) is 0 Å². The summed E-state index contributed by atoms with van der Waals surface area (Å²) in [6.07, 6.45) is 0. The molecule has 2 N–H and O–H groups in total. The maximum absolute atomic E-state index is 13.3. The second kappa shape index (κ2) is 9.62. The van der Waals surface area contributed by atoms with Crippen LogP contribution >= 0.6 is 11.6 Å². The maximum atomic E-state index is 13.3. The standard InChI is InChI=1S/C17H18ClFN2O3/c18-13-5-7-14(8-6-13)23-11-9-20-17(22)21-10-12-24-16-4-2-1-3-15(16)19/h1-8H,9-12H2,(H2,20,21,22). The van der Waals surface area contributed by atoms with Crippen molar-refractivity contribution >= 4 is 17.6 Å². The molecule has 0 bridgehead atoms. The summed E-state index contributed by atoms with van der Waals surface area (Å²) in [6, 6.07) is 12.7. The fourth-order valence-electron chi connectivity index (χ4n) is 1.81. The summed E-state index contributed by atoms with van der Waals surface area (Å²) in [4.78, 5) is 11.6. The van der Waals surface area contributed by atoms with Gasteiger partial charge in [0.25, 0.3) is 0 Å². The molecule has 0 fully saturated rings. The van der Waals surface area contributed by atoms with Crippen LogP contribution in [0.4, 0.5) is 9.18 Å². The molecule has 2 amide bonds. The van der Waals surface area contributed by atoms with Crippen LogP contribution in [0.25, 0.3) is 0 Å². The zero-order valence-corrected chi connectivity index (χ0v) is 13.7. The highest BCUT2D eigenvalue weighted by Crippen LogP contribution is 2.15. The molecular weight excluding hydrogens is 335 g/mol. The number of hydrogen-bond donors (Lipinski definition) is 2. The number of halogens is 2. The zero-order chi connectivity index (χ0) is 17.2. The Morgan fingerprint density at radius 2 is 1.58 bits per heavy atom. The Bertz CT molecular complexity index is 653. The lowest BCUT2D eigenvalue weighted by Gasteiger charge is -2.10. The summed E-state index contributed by atoms with van der Waals surface area (Å²) in [5.74, 6) is 0.414. The van der Waals surface area contributed by atoms with Crippen molar-refractivity contribution in [2.45, 2.75) is 0 Å². The fraction of sp³-hybridized carbons (Fsp3) is 0.235. The maximum Gasteiger partial charge on any atom is 0.315 e. The van der Waals surface area contributed by atoms with E-state index in [-0.39, 0.29) is 24.9 Å². The Balaban J connectivity index is 1.53. The van der Waals surface area contributed by atoms with E-state index in [1.54, 1.807) is 36.4 Å². The Morgan fingerprint density at radius 3 is 2.25 bits per heavy atom. The van der Waals surface area contributed by atoms with E-state index in [0.29, 0.717) is 23.9 Å². The second-order valence-electron chi connectivity index (χ2n) is 4.76. The van der Waals surface area contributed by atoms with E-state index in [9.17, 15) is 9.18 Å². The molecule has 24 heavy (non-hydrogen) atoms. The minimum Gasteiger partial charge on any atom is -0.492 e. The summed E-state index contributed by atoms with van der Waals surface area (Å²) in [5.41, 5.74) is 0. The molecule has 0 heterocycles. The summed E-state index contributed by atoms with van der Waals surface area (Å²) in [6.45, 7) is 1.12. The molecule has 2 aromatic carbocycles. The number of amides is 2. The van der Waals surface area contributed by atoms with Gasteiger partial charge < -0.3 is 20.1 Å². The first kappa shape index (κ1) is 17.9. The van der Waals surface area contributed by atoms with Crippen LogP contribution < -0.4 is 20.1 Å². The summed E-state index contributed by atoms with van der Waals surface area (Å²) < 4.78 is 24.0. The van der Waals surface area contributed by atoms with Crippen molar-refractivity contribution in [3.05, 3.63) is 59.4 Å². The normalized spacial score (nSPS) is 10.1. The van der Waals surface area contributed by atoms with Gasteiger partial charge in [-0.05, 0) is 36.4 Å². The molecule has 0 radical (unpaired) electrons. The highest BCUT2D eigenvalue weighted by Gasteiger charge is 2.02. The highest BCUT2D eigenvalue weighted by molar-refractivity contribution is 6.30. The van der Waals surface area contributed by atoms with Gasteiger partial charge in [0.2, 0.25) is 0 Å². The number of carbonyl (C=O) groups is 1. The van der Waals surface area contributed by atoms with Crippen molar-refractivity contribution in [3.8, 4) is 11.5 Å². The van der Waals surface area contributed by atoms with Gasteiger partial charge in [0.15, 0.2) is 11.6 Å². The van der Waals surface area contributed by atoms with Crippen molar-refractivity contribution in [2.24, 2.45) is 0 Å². The lowest BCUT2D eigenvalue weighted by atomic mass is 10.3. The van der Waals surface area contributed by atoms with Crippen LogP contribution in [-0.4, -0.2) is 32.3 Å². The first-order chi connectivity index (χ1) is 11.6. The van der Waals surface area contributed by atoms with Crippen LogP contribution in [0, 0.1) is 5.82 Å². The van der Waals surface area contributed by atoms with Gasteiger partial charge in [0.05, 0.1) is 13.1 Å². The molecule has 2 rings (SSSR count). The highest BCUT2D eigenvalue weighted by atomic mass is 35.5. The van der Waals surface area contributed by atoms with Gasteiger partial charge in [-0.25, -0.2) is 9.18 Å². The van der Waals surface area contributed by atoms with Crippen LogP contribution in [0.15, 0.2) is 48.5 Å². The van der Waals surface area contributed by atoms with Gasteiger partial charge in [0.1, 0.15) is 19.0 Å². The molecule has 0 aromatic heterocycles. The molecule has 0 spiro atoms. The molecule has 7 heteroatoms. The van der Waals surface area contributed by atoms with Crippen LogP contribution in [0.5, 0.6) is 11.5 Å². The monoisotopic (exact) mass is 352 g/mol. The molecule has 0 aliphatic rings. The quantitative estimate of drug-likeness (QED) is 0.717. The van der Waals surface area contributed by atoms with E-state index in [0.717, 1.165) is 0 Å². The number of urea groups is 1. The third kappa shape index (κ3) is 6.34. The van der Waals surface area contributed by atoms with E-state index in [1.165, 1.54) is 12.1 Å². The van der Waals surface area contributed by atoms with Crippen LogP contribution in [0.3, 0.4) is 0 Å². The average Bonchev–Trinajstić information content (AvgIpc) is 2.58. The van der Waals surface area contributed by atoms with Crippen LogP contribution in [-0.2, 0) is 0 Å². The number of benzene rings is 2. The number of carbonyl (C=O) groups excluding carboxylic acids is 1. The molecule has 0 atom stereocenters. The number of hydrogen-bond acceptors (Lipinski definition) is 3. The van der Waals surface area contributed by atoms with Crippen molar-refractivity contribution in [1.82, 2.24) is 10.6 Å². The second-order valence-corrected chi connectivity index (χ2v) is 5.20. The SMILES string of the molecule is O=C(NCCOc1ccc(Cl)cc1)NCCOc1ccccc1F. The number of para-hydroxylation sites is 1. The van der Waals surface area contributed by atoms with E-state index < -0.39 is 5.82 Å². The van der Waals surface area contributed by atoms with Gasteiger partial charge in [-0.15, -0.1) is 0 Å². The minimum atomic E-state index is -0.429. The van der Waals surface area contributed by atoms with E-state index in [4.69, 9.17) is 21.1 Å². The van der Waals surface area contributed by atoms with Gasteiger partial charge >= 0.3 is 6.03 Å². The Labute approximate surface area is 144 Å². The predicted molar refractivity (Wildman–Crippen MR) is 90.2 cm³/mol. The number of nitrogens with one attached hydrogen (secondary N) is 2. The van der Waals surface area contributed by atoms with Gasteiger partial charge in [-0.1, -0.05) is 23.7 Å². The Morgan fingerprint density at radius 1 is 0.958 bits per heavy atom. The topological polar surface area (TPSA) is 59.6 Å². The molecule has 2 aromatic rings. The number of ether oxygens (including phenoxy) is 2. The van der Waals surface area contributed by atoms with Crippen molar-refractivity contribution < 1.29 is 18.7 Å². The van der Waals surface area contributed by atoms with E-state index in [1.807, 2.05) is 0 Å². The molecule has 0 aliphatic carbocycles. The van der Waals surface area contributed by atoms with E-state index in [2.05, 4.69) is 10.6 Å². The summed E-state index contributed by atoms with van der Waals surface area (Å²) >= 11 is 5.77. The molecule has 0 saturated heterocycles. The predicted octanol–water partition coefficient (Wildman–Crippen LogP) is 3.24. The first-order valence-electron chi connectivity index (χ1n) is 7.42. The largest absolute Gasteiger partial charge is 0.492 e. The molecule has 0 aliphatic heterocycles. The zero-order valence-electron chi connectivity index (χ0n) is 12.9. The molecule has 5 nitrogen and oxygen atoms in total. The van der Waals surface area contributed by atoms with Gasteiger partial charge in [-0.3, -0.25) is 0 Å². The smallest absolute Gasteiger partial charge is 0.315 e. The number of rotatable bonds is 8. The van der Waals surface area contributed by atoms with Gasteiger partial charge in [0, 0.05) is 5.02 Å². The van der Waals surface area contributed by atoms with Crippen LogP contribution in [0.2, 0.25) is 5.02 Å². The summed E-state index contributed by atoms with van der Waals surface area (Å²) in [5, 5.41) is 5.89. The van der Waals surface area contributed by atoms with Crippen LogP contribution in [0.1, 0.15) is 0 Å². The van der Waals surface area contributed by atoms with Gasteiger partial charge in [-0.2, -0.15) is 0 Å².